The Kier molecular flexibility index (Phi) is 5.62. The molecule has 0 aromatic heterocycles. The Labute approximate surface area is 95.2 Å². The molecule has 1 aliphatic rings. The first kappa shape index (κ1) is 13.0. The number of likely N-dealkylation sites (tertiary alicyclic amines) is 1. The van der Waals surface area contributed by atoms with Gasteiger partial charge in [-0.05, 0) is 38.1 Å². The maximum atomic E-state index is 5.93. The van der Waals surface area contributed by atoms with Crippen LogP contribution in [0.1, 0.15) is 52.9 Å². The van der Waals surface area contributed by atoms with Crippen molar-refractivity contribution in [3.63, 3.8) is 0 Å². The molecule has 1 saturated heterocycles. The lowest BCUT2D eigenvalue weighted by Gasteiger charge is -2.41. The van der Waals surface area contributed by atoms with Gasteiger partial charge in [-0.2, -0.15) is 0 Å². The smallest absolute Gasteiger partial charge is 0.0223 e. The maximum absolute atomic E-state index is 5.93. The predicted molar refractivity (Wildman–Crippen MR) is 66.9 cm³/mol. The molecule has 1 rings (SSSR count). The van der Waals surface area contributed by atoms with E-state index in [1.165, 1.54) is 38.6 Å². The summed E-state index contributed by atoms with van der Waals surface area (Å²) in [6.45, 7) is 9.01. The summed E-state index contributed by atoms with van der Waals surface area (Å²) >= 11 is 0. The first-order valence-corrected chi connectivity index (χ1v) is 6.64. The van der Waals surface area contributed by atoms with E-state index in [0.29, 0.717) is 6.04 Å². The van der Waals surface area contributed by atoms with Gasteiger partial charge < -0.3 is 5.73 Å². The molecule has 0 spiro atoms. The third kappa shape index (κ3) is 3.76. The fourth-order valence-corrected chi connectivity index (χ4v) is 2.85. The highest BCUT2D eigenvalue weighted by Crippen LogP contribution is 2.24. The topological polar surface area (TPSA) is 29.3 Å². The number of nitrogens with zero attached hydrogens (tertiary/aromatic N) is 1. The van der Waals surface area contributed by atoms with Crippen molar-refractivity contribution in [1.29, 1.82) is 0 Å². The van der Waals surface area contributed by atoms with E-state index < -0.39 is 0 Å². The fourth-order valence-electron chi connectivity index (χ4n) is 2.85. The lowest BCUT2D eigenvalue weighted by atomic mass is 9.94. The highest BCUT2D eigenvalue weighted by atomic mass is 15.2. The summed E-state index contributed by atoms with van der Waals surface area (Å²) in [4.78, 5) is 2.68. The van der Waals surface area contributed by atoms with E-state index in [-0.39, 0.29) is 0 Å². The van der Waals surface area contributed by atoms with Crippen LogP contribution in [0.2, 0.25) is 0 Å². The second-order valence-corrected chi connectivity index (χ2v) is 5.31. The van der Waals surface area contributed by atoms with Gasteiger partial charge in [-0.25, -0.2) is 0 Å². The van der Waals surface area contributed by atoms with E-state index in [0.717, 1.165) is 18.5 Å². The molecule has 0 amide bonds. The summed E-state index contributed by atoms with van der Waals surface area (Å²) in [5.41, 5.74) is 5.93. The summed E-state index contributed by atoms with van der Waals surface area (Å²) in [6, 6.07) is 1.42. The van der Waals surface area contributed by atoms with Crippen molar-refractivity contribution in [2.45, 2.75) is 65.0 Å². The Morgan fingerprint density at radius 2 is 2.07 bits per heavy atom. The molecule has 0 bridgehead atoms. The average molecular weight is 212 g/mol. The number of hydrogen-bond acceptors (Lipinski definition) is 2. The van der Waals surface area contributed by atoms with Gasteiger partial charge in [0.1, 0.15) is 0 Å². The lowest BCUT2D eigenvalue weighted by Crippen LogP contribution is -2.49. The van der Waals surface area contributed by atoms with Gasteiger partial charge in [0.2, 0.25) is 0 Å². The van der Waals surface area contributed by atoms with E-state index in [9.17, 15) is 0 Å². The molecule has 0 aromatic rings. The summed E-state index contributed by atoms with van der Waals surface area (Å²) in [5, 5.41) is 0. The zero-order chi connectivity index (χ0) is 11.3. The van der Waals surface area contributed by atoms with Crippen molar-refractivity contribution in [3.05, 3.63) is 0 Å². The van der Waals surface area contributed by atoms with E-state index >= 15 is 0 Å². The van der Waals surface area contributed by atoms with Gasteiger partial charge in [0, 0.05) is 18.6 Å². The molecule has 2 nitrogen and oxygen atoms in total. The molecule has 1 fully saturated rings. The quantitative estimate of drug-likeness (QED) is 0.759. The fraction of sp³-hybridized carbons (Fsp3) is 1.00. The molecule has 0 saturated carbocycles. The van der Waals surface area contributed by atoms with Crippen LogP contribution in [-0.2, 0) is 0 Å². The molecule has 0 aliphatic carbocycles. The van der Waals surface area contributed by atoms with Crippen molar-refractivity contribution in [2.24, 2.45) is 11.7 Å². The lowest BCUT2D eigenvalue weighted by molar-refractivity contribution is 0.0836. The van der Waals surface area contributed by atoms with Gasteiger partial charge in [0.15, 0.2) is 0 Å². The monoisotopic (exact) mass is 212 g/mol. The molecule has 2 heteroatoms. The molecular formula is C13H28N2. The van der Waals surface area contributed by atoms with Crippen LogP contribution in [0.3, 0.4) is 0 Å². The summed E-state index contributed by atoms with van der Waals surface area (Å²) in [5.74, 6) is 0.762. The third-order valence-electron chi connectivity index (χ3n) is 3.63. The normalized spacial score (nSPS) is 25.8. The maximum Gasteiger partial charge on any atom is 0.0223 e. The molecule has 0 radical (unpaired) electrons. The molecule has 0 aromatic carbocycles. The SMILES string of the molecule is CCC1CCCCN1C(CN)CC(C)C. The van der Waals surface area contributed by atoms with Crippen LogP contribution in [0.5, 0.6) is 0 Å². The molecule has 1 heterocycles. The largest absolute Gasteiger partial charge is 0.329 e. The molecule has 2 unspecified atom stereocenters. The van der Waals surface area contributed by atoms with Crippen molar-refractivity contribution in [3.8, 4) is 0 Å². The molecule has 90 valence electrons. The minimum absolute atomic E-state index is 0.621. The second kappa shape index (κ2) is 6.49. The Hall–Kier alpha value is -0.0800. The average Bonchev–Trinajstić information content (AvgIpc) is 2.25. The van der Waals surface area contributed by atoms with Gasteiger partial charge in [0.05, 0.1) is 0 Å². The standard InChI is InChI=1S/C13H28N2/c1-4-12-7-5-6-8-15(12)13(10-14)9-11(2)3/h11-13H,4-10,14H2,1-3H3. The van der Waals surface area contributed by atoms with Gasteiger partial charge in [-0.3, -0.25) is 4.90 Å². The van der Waals surface area contributed by atoms with Crippen LogP contribution >= 0.6 is 0 Å². The predicted octanol–water partition coefficient (Wildman–Crippen LogP) is 2.62. The van der Waals surface area contributed by atoms with Crippen molar-refractivity contribution in [1.82, 2.24) is 4.90 Å². The highest BCUT2D eigenvalue weighted by Gasteiger charge is 2.27. The zero-order valence-corrected chi connectivity index (χ0v) is 10.7. The van der Waals surface area contributed by atoms with Crippen LogP contribution in [0, 0.1) is 5.92 Å². The van der Waals surface area contributed by atoms with Gasteiger partial charge in [-0.1, -0.05) is 27.2 Å². The minimum Gasteiger partial charge on any atom is -0.329 e. The Morgan fingerprint density at radius 3 is 2.60 bits per heavy atom. The third-order valence-corrected chi connectivity index (χ3v) is 3.63. The Morgan fingerprint density at radius 1 is 1.33 bits per heavy atom. The van der Waals surface area contributed by atoms with E-state index in [2.05, 4.69) is 25.7 Å². The number of nitrogens with two attached hydrogens (primary N) is 1. The van der Waals surface area contributed by atoms with E-state index in [1.54, 1.807) is 0 Å². The second-order valence-electron chi connectivity index (χ2n) is 5.31. The molecule has 2 N–H and O–H groups in total. The molecule has 1 aliphatic heterocycles. The van der Waals surface area contributed by atoms with Crippen molar-refractivity contribution in [2.75, 3.05) is 13.1 Å². The molecular weight excluding hydrogens is 184 g/mol. The van der Waals surface area contributed by atoms with Crippen LogP contribution in [0.4, 0.5) is 0 Å². The molecule has 15 heavy (non-hydrogen) atoms. The van der Waals surface area contributed by atoms with Crippen LogP contribution in [0.25, 0.3) is 0 Å². The number of rotatable bonds is 5. The zero-order valence-electron chi connectivity index (χ0n) is 10.7. The molecule has 2 atom stereocenters. The van der Waals surface area contributed by atoms with Gasteiger partial charge in [-0.15, -0.1) is 0 Å². The summed E-state index contributed by atoms with van der Waals surface area (Å²) in [6.07, 6.45) is 6.70. The summed E-state index contributed by atoms with van der Waals surface area (Å²) in [7, 11) is 0. The summed E-state index contributed by atoms with van der Waals surface area (Å²) < 4.78 is 0. The van der Waals surface area contributed by atoms with E-state index in [1.807, 2.05) is 0 Å². The van der Waals surface area contributed by atoms with Gasteiger partial charge in [0.25, 0.3) is 0 Å². The Balaban J connectivity index is 2.55. The van der Waals surface area contributed by atoms with Crippen molar-refractivity contribution < 1.29 is 0 Å². The van der Waals surface area contributed by atoms with Crippen LogP contribution in [0.15, 0.2) is 0 Å². The Bertz CT molecular complexity index is 168. The van der Waals surface area contributed by atoms with E-state index in [4.69, 9.17) is 5.73 Å². The number of hydrogen-bond donors (Lipinski definition) is 1. The van der Waals surface area contributed by atoms with Crippen LogP contribution < -0.4 is 5.73 Å². The van der Waals surface area contributed by atoms with Gasteiger partial charge >= 0.3 is 0 Å². The first-order chi connectivity index (χ1) is 7.19. The van der Waals surface area contributed by atoms with Crippen molar-refractivity contribution >= 4 is 0 Å². The number of piperidine rings is 1. The van der Waals surface area contributed by atoms with Crippen LogP contribution in [-0.4, -0.2) is 30.1 Å². The highest BCUT2D eigenvalue weighted by molar-refractivity contribution is 4.83. The minimum atomic E-state index is 0.621. The first-order valence-electron chi connectivity index (χ1n) is 6.64.